The van der Waals surface area contributed by atoms with Crippen LogP contribution in [0, 0.1) is 13.8 Å². The van der Waals surface area contributed by atoms with Gasteiger partial charge in [0.15, 0.2) is 6.29 Å². The van der Waals surface area contributed by atoms with Crippen LogP contribution in [0.5, 0.6) is 5.75 Å². The number of carbonyl (C=O) groups excluding carboxylic acids is 1. The molecule has 0 saturated carbocycles. The maximum Gasteiger partial charge on any atom is 0.153 e. The maximum absolute atomic E-state index is 11.0. The number of hydrogen-bond donors (Lipinski definition) is 0. The van der Waals surface area contributed by atoms with Gasteiger partial charge >= 0.3 is 0 Å². The van der Waals surface area contributed by atoms with Crippen LogP contribution in [0.15, 0.2) is 36.4 Å². The second-order valence-electron chi connectivity index (χ2n) is 4.56. The molecule has 0 heterocycles. The van der Waals surface area contributed by atoms with Gasteiger partial charge in [-0.25, -0.2) is 0 Å². The summed E-state index contributed by atoms with van der Waals surface area (Å²) >= 11 is 6.05. The summed E-state index contributed by atoms with van der Waals surface area (Å²) in [5.41, 5.74) is 3.91. The van der Waals surface area contributed by atoms with Crippen LogP contribution in [0.2, 0.25) is 5.02 Å². The van der Waals surface area contributed by atoms with Crippen LogP contribution in [0.25, 0.3) is 0 Å². The number of benzene rings is 2. The molecule has 0 amide bonds. The molecule has 2 aromatic carbocycles. The van der Waals surface area contributed by atoms with Gasteiger partial charge in [-0.1, -0.05) is 47.0 Å². The molecule has 0 aliphatic rings. The third-order valence-electron chi connectivity index (χ3n) is 2.79. The number of para-hydroxylation sites is 1. The number of aryl methyl sites for hydroxylation is 2. The molecule has 0 atom stereocenters. The third-order valence-corrected chi connectivity index (χ3v) is 3.09. The summed E-state index contributed by atoms with van der Waals surface area (Å²) < 4.78 is 5.69. The summed E-state index contributed by atoms with van der Waals surface area (Å²) in [5, 5.41) is 0.453. The number of carbonyl (C=O) groups is 1. The zero-order chi connectivity index (χ0) is 13.8. The predicted octanol–water partition coefficient (Wildman–Crippen LogP) is 4.35. The van der Waals surface area contributed by atoms with Gasteiger partial charge in [0.25, 0.3) is 0 Å². The Morgan fingerprint density at radius 1 is 1.16 bits per heavy atom. The van der Waals surface area contributed by atoms with Crippen molar-refractivity contribution in [1.29, 1.82) is 0 Å². The Labute approximate surface area is 118 Å². The van der Waals surface area contributed by atoms with E-state index in [0.29, 0.717) is 22.9 Å². The molecule has 3 heteroatoms. The van der Waals surface area contributed by atoms with Crippen molar-refractivity contribution in [2.75, 3.05) is 0 Å². The molecule has 0 aliphatic carbocycles. The van der Waals surface area contributed by atoms with E-state index in [-0.39, 0.29) is 0 Å². The van der Waals surface area contributed by atoms with Gasteiger partial charge in [-0.3, -0.25) is 4.79 Å². The van der Waals surface area contributed by atoms with E-state index in [0.717, 1.165) is 11.8 Å². The highest BCUT2D eigenvalue weighted by Crippen LogP contribution is 2.28. The first-order valence-electron chi connectivity index (χ1n) is 6.04. The lowest BCUT2D eigenvalue weighted by Gasteiger charge is -2.11. The van der Waals surface area contributed by atoms with Gasteiger partial charge in [0.2, 0.25) is 0 Å². The van der Waals surface area contributed by atoms with Gasteiger partial charge in [-0.05, 0) is 31.5 Å². The van der Waals surface area contributed by atoms with Crippen LogP contribution in [-0.2, 0) is 6.61 Å². The Hall–Kier alpha value is -1.80. The van der Waals surface area contributed by atoms with Crippen molar-refractivity contribution >= 4 is 17.9 Å². The van der Waals surface area contributed by atoms with Crippen LogP contribution in [-0.4, -0.2) is 6.29 Å². The summed E-state index contributed by atoms with van der Waals surface area (Å²) in [6.07, 6.45) is 0.753. The number of rotatable bonds is 4. The zero-order valence-corrected chi connectivity index (χ0v) is 11.7. The van der Waals surface area contributed by atoms with E-state index in [1.54, 1.807) is 18.2 Å². The SMILES string of the molecule is Cc1cc(C)cc(COc2c(Cl)cccc2C=O)c1. The third kappa shape index (κ3) is 3.36. The Morgan fingerprint density at radius 3 is 2.47 bits per heavy atom. The fourth-order valence-corrected chi connectivity index (χ4v) is 2.31. The first kappa shape index (κ1) is 13.6. The predicted molar refractivity (Wildman–Crippen MR) is 77.1 cm³/mol. The second kappa shape index (κ2) is 5.89. The van der Waals surface area contributed by atoms with Gasteiger partial charge in [0.05, 0.1) is 10.6 Å². The van der Waals surface area contributed by atoms with Crippen LogP contribution in [0.3, 0.4) is 0 Å². The highest BCUT2D eigenvalue weighted by Gasteiger charge is 2.08. The molecule has 0 aromatic heterocycles. The molecule has 2 rings (SSSR count). The summed E-state index contributed by atoms with van der Waals surface area (Å²) in [5.74, 6) is 0.443. The van der Waals surface area contributed by atoms with Crippen molar-refractivity contribution in [1.82, 2.24) is 0 Å². The largest absolute Gasteiger partial charge is 0.487 e. The topological polar surface area (TPSA) is 26.3 Å². The molecule has 0 saturated heterocycles. The van der Waals surface area contributed by atoms with Crippen LogP contribution in [0.4, 0.5) is 0 Å². The molecule has 98 valence electrons. The van der Waals surface area contributed by atoms with E-state index in [1.807, 2.05) is 13.8 Å². The number of aldehydes is 1. The van der Waals surface area contributed by atoms with Crippen molar-refractivity contribution in [2.24, 2.45) is 0 Å². The number of halogens is 1. The minimum Gasteiger partial charge on any atom is -0.487 e. The second-order valence-corrected chi connectivity index (χ2v) is 4.97. The molecule has 0 N–H and O–H groups in total. The molecule has 2 nitrogen and oxygen atoms in total. The average Bonchev–Trinajstić information content (AvgIpc) is 2.36. The minimum atomic E-state index is 0.396. The standard InChI is InChI=1S/C16H15ClO2/c1-11-6-12(2)8-13(7-11)10-19-16-14(9-18)4-3-5-15(16)17/h3-9H,10H2,1-2H3. The van der Waals surface area contributed by atoms with E-state index < -0.39 is 0 Å². The fourth-order valence-electron chi connectivity index (χ4n) is 2.08. The molecule has 0 fully saturated rings. The van der Waals surface area contributed by atoms with E-state index in [2.05, 4.69) is 18.2 Å². The van der Waals surface area contributed by atoms with Gasteiger partial charge in [0.1, 0.15) is 12.4 Å². The van der Waals surface area contributed by atoms with Crippen molar-refractivity contribution in [3.63, 3.8) is 0 Å². The van der Waals surface area contributed by atoms with Gasteiger partial charge < -0.3 is 4.74 Å². The lowest BCUT2D eigenvalue weighted by atomic mass is 10.1. The number of hydrogen-bond acceptors (Lipinski definition) is 2. The molecular formula is C16H15ClO2. The summed E-state index contributed by atoms with van der Waals surface area (Å²) in [6.45, 7) is 4.48. The van der Waals surface area contributed by atoms with E-state index in [4.69, 9.17) is 16.3 Å². The number of ether oxygens (including phenoxy) is 1. The lowest BCUT2D eigenvalue weighted by Crippen LogP contribution is -1.99. The molecule has 0 aliphatic heterocycles. The summed E-state index contributed by atoms with van der Waals surface area (Å²) in [6, 6.07) is 11.4. The molecular weight excluding hydrogens is 260 g/mol. The molecule has 0 bridgehead atoms. The van der Waals surface area contributed by atoms with Gasteiger partial charge in [-0.2, -0.15) is 0 Å². The Kier molecular flexibility index (Phi) is 4.23. The Morgan fingerprint density at radius 2 is 1.84 bits per heavy atom. The van der Waals surface area contributed by atoms with Gasteiger partial charge in [0, 0.05) is 0 Å². The smallest absolute Gasteiger partial charge is 0.153 e. The summed E-state index contributed by atoms with van der Waals surface area (Å²) in [7, 11) is 0. The van der Waals surface area contributed by atoms with Crippen molar-refractivity contribution < 1.29 is 9.53 Å². The first-order chi connectivity index (χ1) is 9.10. The van der Waals surface area contributed by atoms with Crippen LogP contribution in [0.1, 0.15) is 27.0 Å². The molecule has 2 aromatic rings. The van der Waals surface area contributed by atoms with Crippen molar-refractivity contribution in [3.05, 3.63) is 63.7 Å². The van der Waals surface area contributed by atoms with Crippen LogP contribution >= 0.6 is 11.6 Å². The fraction of sp³-hybridized carbons (Fsp3) is 0.188. The first-order valence-corrected chi connectivity index (χ1v) is 6.41. The van der Waals surface area contributed by atoms with Crippen LogP contribution < -0.4 is 4.74 Å². The monoisotopic (exact) mass is 274 g/mol. The minimum absolute atomic E-state index is 0.396. The molecule has 0 spiro atoms. The molecule has 0 radical (unpaired) electrons. The van der Waals surface area contributed by atoms with E-state index in [1.165, 1.54) is 11.1 Å². The zero-order valence-electron chi connectivity index (χ0n) is 10.9. The maximum atomic E-state index is 11.0. The average molecular weight is 275 g/mol. The van der Waals surface area contributed by atoms with E-state index >= 15 is 0 Å². The molecule has 0 unspecified atom stereocenters. The highest BCUT2D eigenvalue weighted by molar-refractivity contribution is 6.32. The normalized spacial score (nSPS) is 10.3. The summed E-state index contributed by atoms with van der Waals surface area (Å²) in [4.78, 5) is 11.0. The van der Waals surface area contributed by atoms with E-state index in [9.17, 15) is 4.79 Å². The Balaban J connectivity index is 2.21. The van der Waals surface area contributed by atoms with Crippen molar-refractivity contribution in [2.45, 2.75) is 20.5 Å². The van der Waals surface area contributed by atoms with Crippen molar-refractivity contribution in [3.8, 4) is 5.75 Å². The Bertz CT molecular complexity index is 585. The lowest BCUT2D eigenvalue weighted by molar-refractivity contribution is 0.111. The highest BCUT2D eigenvalue weighted by atomic mass is 35.5. The molecule has 19 heavy (non-hydrogen) atoms. The van der Waals surface area contributed by atoms with Gasteiger partial charge in [-0.15, -0.1) is 0 Å². The quantitative estimate of drug-likeness (QED) is 0.775.